The Kier molecular flexibility index (Phi) is 1.92. The zero-order valence-corrected chi connectivity index (χ0v) is 8.03. The molecule has 12 heavy (non-hydrogen) atoms. The van der Waals surface area contributed by atoms with Crippen molar-refractivity contribution in [2.75, 3.05) is 13.1 Å². The van der Waals surface area contributed by atoms with Crippen molar-refractivity contribution in [2.24, 2.45) is 11.1 Å². The van der Waals surface area contributed by atoms with Crippen LogP contribution in [0.15, 0.2) is 0 Å². The molecule has 0 aromatic heterocycles. The van der Waals surface area contributed by atoms with Gasteiger partial charge in [0.2, 0.25) is 0 Å². The molecule has 1 saturated heterocycles. The van der Waals surface area contributed by atoms with Gasteiger partial charge in [-0.1, -0.05) is 6.42 Å². The van der Waals surface area contributed by atoms with Crippen LogP contribution in [0.1, 0.15) is 39.0 Å². The van der Waals surface area contributed by atoms with E-state index >= 15 is 0 Å². The molecular formula is C10H20N2. The van der Waals surface area contributed by atoms with Crippen molar-refractivity contribution in [3.63, 3.8) is 0 Å². The minimum absolute atomic E-state index is 0.120. The Morgan fingerprint density at radius 1 is 1.08 bits per heavy atom. The zero-order valence-electron chi connectivity index (χ0n) is 8.03. The summed E-state index contributed by atoms with van der Waals surface area (Å²) in [5.74, 6) is 0. The van der Waals surface area contributed by atoms with E-state index in [2.05, 4.69) is 12.2 Å². The third-order valence-electron chi connectivity index (χ3n) is 4.12. The normalized spacial score (nSPS) is 40.5. The van der Waals surface area contributed by atoms with Crippen molar-refractivity contribution in [3.05, 3.63) is 0 Å². The fourth-order valence-electron chi connectivity index (χ4n) is 3.07. The maximum atomic E-state index is 6.36. The van der Waals surface area contributed by atoms with Gasteiger partial charge in [-0.05, 0) is 51.1 Å². The van der Waals surface area contributed by atoms with Crippen LogP contribution < -0.4 is 11.1 Å². The summed E-state index contributed by atoms with van der Waals surface area (Å²) in [4.78, 5) is 0. The standard InChI is InChI=1S/C10H20N2/c1-9(11)3-2-4-10(9)5-7-12-8-6-10/h12H,2-8,11H2,1H3. The van der Waals surface area contributed by atoms with Crippen molar-refractivity contribution in [1.82, 2.24) is 5.32 Å². The molecule has 1 aliphatic carbocycles. The monoisotopic (exact) mass is 168 g/mol. The van der Waals surface area contributed by atoms with Gasteiger partial charge in [0.1, 0.15) is 0 Å². The van der Waals surface area contributed by atoms with Gasteiger partial charge >= 0.3 is 0 Å². The highest BCUT2D eigenvalue weighted by molar-refractivity contribution is 5.05. The van der Waals surface area contributed by atoms with E-state index in [9.17, 15) is 0 Å². The van der Waals surface area contributed by atoms with Crippen LogP contribution in [0.4, 0.5) is 0 Å². The van der Waals surface area contributed by atoms with E-state index in [-0.39, 0.29) is 5.54 Å². The lowest BCUT2D eigenvalue weighted by Crippen LogP contribution is -2.53. The Morgan fingerprint density at radius 2 is 1.75 bits per heavy atom. The van der Waals surface area contributed by atoms with Gasteiger partial charge in [0.25, 0.3) is 0 Å². The highest BCUT2D eigenvalue weighted by Crippen LogP contribution is 2.50. The second kappa shape index (κ2) is 2.71. The van der Waals surface area contributed by atoms with Crippen LogP contribution in [0.25, 0.3) is 0 Å². The fraction of sp³-hybridized carbons (Fsp3) is 1.00. The molecule has 2 nitrogen and oxygen atoms in total. The summed E-state index contributed by atoms with van der Waals surface area (Å²) < 4.78 is 0. The lowest BCUT2D eigenvalue weighted by Gasteiger charge is -2.44. The second-order valence-corrected chi connectivity index (χ2v) is 4.80. The SMILES string of the molecule is CC1(N)CCCC12CCNCC2. The first-order valence-corrected chi connectivity index (χ1v) is 5.16. The van der Waals surface area contributed by atoms with Gasteiger partial charge in [0.05, 0.1) is 0 Å². The van der Waals surface area contributed by atoms with Gasteiger partial charge in [-0.25, -0.2) is 0 Å². The Balaban J connectivity index is 2.17. The van der Waals surface area contributed by atoms with Gasteiger partial charge in [0.15, 0.2) is 0 Å². The van der Waals surface area contributed by atoms with Crippen LogP contribution in [0.2, 0.25) is 0 Å². The molecule has 3 N–H and O–H groups in total. The minimum Gasteiger partial charge on any atom is -0.325 e. The summed E-state index contributed by atoms with van der Waals surface area (Å²) in [7, 11) is 0. The average molecular weight is 168 g/mol. The molecule has 2 aliphatic rings. The van der Waals surface area contributed by atoms with E-state index in [1.165, 1.54) is 45.2 Å². The molecule has 1 saturated carbocycles. The molecule has 1 heterocycles. The van der Waals surface area contributed by atoms with Gasteiger partial charge in [0, 0.05) is 5.54 Å². The van der Waals surface area contributed by atoms with Crippen LogP contribution in [0.5, 0.6) is 0 Å². The molecule has 0 bridgehead atoms. The summed E-state index contributed by atoms with van der Waals surface area (Å²) in [6.07, 6.45) is 6.52. The van der Waals surface area contributed by atoms with Gasteiger partial charge < -0.3 is 11.1 Å². The lowest BCUT2D eigenvalue weighted by molar-refractivity contribution is 0.120. The summed E-state index contributed by atoms with van der Waals surface area (Å²) in [6.45, 7) is 4.60. The Morgan fingerprint density at radius 3 is 2.25 bits per heavy atom. The van der Waals surface area contributed by atoms with Crippen LogP contribution in [-0.4, -0.2) is 18.6 Å². The quantitative estimate of drug-likeness (QED) is 0.571. The first kappa shape index (κ1) is 8.52. The maximum absolute atomic E-state index is 6.36. The third-order valence-corrected chi connectivity index (χ3v) is 4.12. The lowest BCUT2D eigenvalue weighted by atomic mass is 9.67. The number of nitrogens with two attached hydrogens (primary N) is 1. The second-order valence-electron chi connectivity index (χ2n) is 4.80. The Hall–Kier alpha value is -0.0800. The molecule has 1 unspecified atom stereocenters. The van der Waals surface area contributed by atoms with Crippen molar-refractivity contribution in [1.29, 1.82) is 0 Å². The smallest absolute Gasteiger partial charge is 0.0183 e. The highest BCUT2D eigenvalue weighted by Gasteiger charge is 2.49. The summed E-state index contributed by atoms with van der Waals surface area (Å²) in [5.41, 5.74) is 6.96. The zero-order chi connectivity index (χ0) is 8.66. The van der Waals surface area contributed by atoms with Gasteiger partial charge in [-0.2, -0.15) is 0 Å². The molecule has 2 rings (SSSR count). The maximum Gasteiger partial charge on any atom is 0.0183 e. The molecular weight excluding hydrogens is 148 g/mol. The topological polar surface area (TPSA) is 38.0 Å². The fourth-order valence-corrected chi connectivity index (χ4v) is 3.07. The predicted molar refractivity (Wildman–Crippen MR) is 51.0 cm³/mol. The minimum atomic E-state index is 0.120. The van der Waals surface area contributed by atoms with Crippen LogP contribution in [0.3, 0.4) is 0 Å². The summed E-state index contributed by atoms with van der Waals surface area (Å²) >= 11 is 0. The van der Waals surface area contributed by atoms with Crippen molar-refractivity contribution >= 4 is 0 Å². The van der Waals surface area contributed by atoms with Crippen LogP contribution in [0, 0.1) is 5.41 Å². The molecule has 0 amide bonds. The summed E-state index contributed by atoms with van der Waals surface area (Å²) in [6, 6.07) is 0. The number of rotatable bonds is 0. The highest BCUT2D eigenvalue weighted by atomic mass is 14.9. The number of piperidine rings is 1. The first-order chi connectivity index (χ1) is 5.66. The molecule has 0 aromatic rings. The van der Waals surface area contributed by atoms with E-state index in [0.29, 0.717) is 5.41 Å². The van der Waals surface area contributed by atoms with E-state index in [1.807, 2.05) is 0 Å². The van der Waals surface area contributed by atoms with Crippen molar-refractivity contribution < 1.29 is 0 Å². The number of hydrogen-bond acceptors (Lipinski definition) is 2. The number of nitrogens with one attached hydrogen (secondary N) is 1. The van der Waals surface area contributed by atoms with Gasteiger partial charge in [-0.15, -0.1) is 0 Å². The van der Waals surface area contributed by atoms with Gasteiger partial charge in [-0.3, -0.25) is 0 Å². The van der Waals surface area contributed by atoms with Crippen molar-refractivity contribution in [3.8, 4) is 0 Å². The summed E-state index contributed by atoms with van der Waals surface area (Å²) in [5, 5.41) is 3.42. The van der Waals surface area contributed by atoms with Crippen LogP contribution >= 0.6 is 0 Å². The molecule has 1 spiro atoms. The molecule has 0 radical (unpaired) electrons. The molecule has 1 atom stereocenters. The largest absolute Gasteiger partial charge is 0.325 e. The Labute approximate surface area is 74.9 Å². The molecule has 0 aromatic carbocycles. The van der Waals surface area contributed by atoms with E-state index < -0.39 is 0 Å². The third kappa shape index (κ3) is 1.09. The molecule has 2 fully saturated rings. The predicted octanol–water partition coefficient (Wildman–Crippen LogP) is 1.26. The molecule has 70 valence electrons. The van der Waals surface area contributed by atoms with E-state index in [4.69, 9.17) is 5.73 Å². The van der Waals surface area contributed by atoms with E-state index in [0.717, 1.165) is 0 Å². The van der Waals surface area contributed by atoms with Crippen LogP contribution in [-0.2, 0) is 0 Å². The Bertz CT molecular complexity index is 169. The van der Waals surface area contributed by atoms with Crippen molar-refractivity contribution in [2.45, 2.75) is 44.6 Å². The average Bonchev–Trinajstić information content (AvgIpc) is 2.30. The molecule has 2 heteroatoms. The molecule has 1 aliphatic heterocycles. The first-order valence-electron chi connectivity index (χ1n) is 5.16. The number of hydrogen-bond donors (Lipinski definition) is 2. The van der Waals surface area contributed by atoms with E-state index in [1.54, 1.807) is 0 Å².